The normalized spacial score (nSPS) is 22.6. The van der Waals surface area contributed by atoms with Crippen LogP contribution >= 0.6 is 0 Å². The maximum absolute atomic E-state index is 13.2. The molecule has 4 N–H and O–H groups in total. The van der Waals surface area contributed by atoms with Gasteiger partial charge in [0.25, 0.3) is 5.56 Å². The van der Waals surface area contributed by atoms with Crippen LogP contribution in [0.2, 0.25) is 0 Å². The molecule has 2 aliphatic heterocycles. The number of carbonyl (C=O) groups is 5. The van der Waals surface area contributed by atoms with Gasteiger partial charge in [-0.25, -0.2) is 4.79 Å². The van der Waals surface area contributed by atoms with Crippen LogP contribution in [0.1, 0.15) is 82.7 Å². The third-order valence-corrected chi connectivity index (χ3v) is 12.5. The van der Waals surface area contributed by atoms with Gasteiger partial charge in [0.05, 0.1) is 26.9 Å². The molecule has 1 unspecified atom stereocenters. The number of methoxy groups -OCH3 is 2. The first kappa shape index (κ1) is 55.4. The Morgan fingerprint density at radius 3 is 1.92 bits per heavy atom. The number of benzene rings is 3. The number of aromatic nitrogens is 2. The molecule has 4 aromatic rings. The summed E-state index contributed by atoms with van der Waals surface area (Å²) in [5.74, 6) is -2.28. The molecule has 0 spiro atoms. The molecule has 394 valence electrons. The standard InChI is InChI=1S/C52H64N4O17/c1-31(57)54-45-48(71-34(4)60)47(70-33(3)59)42(29-68-32(2)58)73-50(45)67-28-11-10-16-43(61)53-26-12-15-40-46(63)41(72-49(40)56-27-25-44(62)55-51(56)64)30-69-52(35-13-8-7-9-14-35,36-17-21-38(65-5)22-18-36)37-19-23-39(66-6)24-20-37/h7-9,13-14,17-25,27,40-42,45-50,63H,10-12,15-16,26,28-30H2,1-6H3,(H,53,61)(H,54,57)(H,55,62,64)/t40-,41?,42+,45+,46+,47-,48+,49-,50+/m1/s1. The SMILES string of the molecule is COc1ccc(C(OCC2O[C@@H](n3ccc(=O)[nH]c3=O)[C@H](CCCNC(=O)CCCCO[C@H]3O[C@@H](COC(C)=O)[C@@H](OC(C)=O)[C@@H](OC(C)=O)[C@@H]3NC(C)=O)[C@@H]2O)(c2ccccc2)c2ccc(OC)cc2)cc1. The van der Waals surface area contributed by atoms with Gasteiger partial charge < -0.3 is 58.4 Å². The van der Waals surface area contributed by atoms with Crippen LogP contribution in [0.5, 0.6) is 11.5 Å². The number of nitrogens with one attached hydrogen (secondary N) is 3. The lowest BCUT2D eigenvalue weighted by atomic mass is 9.80. The van der Waals surface area contributed by atoms with Crippen LogP contribution in [0, 0.1) is 5.92 Å². The lowest BCUT2D eigenvalue weighted by molar-refractivity contribution is -0.277. The minimum atomic E-state index is -1.27. The second kappa shape index (κ2) is 26.2. The number of unbranched alkanes of at least 4 members (excludes halogenated alkanes) is 1. The van der Waals surface area contributed by atoms with Crippen molar-refractivity contribution in [1.29, 1.82) is 0 Å². The Balaban J connectivity index is 1.10. The van der Waals surface area contributed by atoms with Crippen molar-refractivity contribution in [2.24, 2.45) is 5.92 Å². The van der Waals surface area contributed by atoms with Crippen LogP contribution in [0.15, 0.2) is 101 Å². The average Bonchev–Trinajstić information content (AvgIpc) is 3.67. The van der Waals surface area contributed by atoms with Gasteiger partial charge in [-0.3, -0.25) is 38.3 Å². The van der Waals surface area contributed by atoms with Gasteiger partial charge in [0.2, 0.25) is 11.8 Å². The second-order valence-electron chi connectivity index (χ2n) is 17.6. The van der Waals surface area contributed by atoms with Crippen LogP contribution < -0.4 is 31.4 Å². The average molecular weight is 1020 g/mol. The van der Waals surface area contributed by atoms with E-state index < -0.39 is 95.7 Å². The highest BCUT2D eigenvalue weighted by Gasteiger charge is 2.52. The molecule has 2 saturated heterocycles. The van der Waals surface area contributed by atoms with Crippen molar-refractivity contribution in [3.05, 3.63) is 129 Å². The predicted octanol–water partition coefficient (Wildman–Crippen LogP) is 3.18. The van der Waals surface area contributed by atoms with E-state index >= 15 is 0 Å². The van der Waals surface area contributed by atoms with E-state index in [1.54, 1.807) is 14.2 Å². The molecule has 2 aliphatic rings. The molecule has 2 fully saturated rings. The first-order valence-electron chi connectivity index (χ1n) is 24.0. The highest BCUT2D eigenvalue weighted by atomic mass is 16.7. The summed E-state index contributed by atoms with van der Waals surface area (Å²) < 4.78 is 53.8. The number of aliphatic hydroxyl groups excluding tert-OH is 1. The molecular formula is C52H64N4O17. The van der Waals surface area contributed by atoms with Crippen molar-refractivity contribution < 1.29 is 71.7 Å². The zero-order chi connectivity index (χ0) is 52.7. The molecule has 21 heteroatoms. The lowest BCUT2D eigenvalue weighted by Crippen LogP contribution is -2.66. The molecule has 0 radical (unpaired) electrons. The first-order valence-corrected chi connectivity index (χ1v) is 24.0. The maximum Gasteiger partial charge on any atom is 0.330 e. The quantitative estimate of drug-likeness (QED) is 0.0340. The lowest BCUT2D eigenvalue weighted by Gasteiger charge is -2.44. The molecule has 0 aliphatic carbocycles. The summed E-state index contributed by atoms with van der Waals surface area (Å²) in [6, 6.07) is 24.6. The fourth-order valence-corrected chi connectivity index (χ4v) is 9.11. The van der Waals surface area contributed by atoms with E-state index in [1.165, 1.54) is 30.7 Å². The number of hydrogen-bond acceptors (Lipinski definition) is 17. The van der Waals surface area contributed by atoms with Gasteiger partial charge in [-0.1, -0.05) is 54.6 Å². The fraction of sp³-hybridized carbons (Fsp3) is 0.481. The Morgan fingerprint density at radius 2 is 1.34 bits per heavy atom. The molecule has 0 bridgehead atoms. The van der Waals surface area contributed by atoms with E-state index in [9.17, 15) is 38.7 Å². The molecule has 6 rings (SSSR count). The van der Waals surface area contributed by atoms with Crippen LogP contribution in [0.4, 0.5) is 0 Å². The number of hydrogen-bond donors (Lipinski definition) is 4. The molecule has 1 aromatic heterocycles. The Hall–Kier alpha value is -6.91. The number of aliphatic hydroxyl groups is 1. The minimum Gasteiger partial charge on any atom is -0.497 e. The van der Waals surface area contributed by atoms with Crippen molar-refractivity contribution in [2.75, 3.05) is 40.6 Å². The number of amides is 2. The Bertz CT molecular complexity index is 2540. The van der Waals surface area contributed by atoms with E-state index in [0.29, 0.717) is 37.2 Å². The van der Waals surface area contributed by atoms with Crippen LogP contribution in [-0.2, 0) is 62.7 Å². The number of carbonyl (C=O) groups excluding carboxylic acids is 5. The Morgan fingerprint density at radius 1 is 0.726 bits per heavy atom. The summed E-state index contributed by atoms with van der Waals surface area (Å²) in [5, 5.41) is 17.6. The van der Waals surface area contributed by atoms with Crippen LogP contribution in [0.3, 0.4) is 0 Å². The minimum absolute atomic E-state index is 0.0297. The van der Waals surface area contributed by atoms with Gasteiger partial charge in [-0.15, -0.1) is 0 Å². The molecule has 21 nitrogen and oxygen atoms in total. The number of esters is 3. The summed E-state index contributed by atoms with van der Waals surface area (Å²) in [6.07, 6.45) is -5.19. The number of aromatic amines is 1. The van der Waals surface area contributed by atoms with E-state index in [2.05, 4.69) is 15.6 Å². The largest absolute Gasteiger partial charge is 0.497 e. The number of nitrogens with zero attached hydrogens (tertiary/aromatic N) is 1. The van der Waals surface area contributed by atoms with Crippen molar-refractivity contribution in [1.82, 2.24) is 20.2 Å². The summed E-state index contributed by atoms with van der Waals surface area (Å²) in [7, 11) is 3.16. The third-order valence-electron chi connectivity index (χ3n) is 12.5. The molecule has 9 atom stereocenters. The summed E-state index contributed by atoms with van der Waals surface area (Å²) >= 11 is 0. The summed E-state index contributed by atoms with van der Waals surface area (Å²) in [5.41, 5.74) is -0.246. The molecule has 3 heterocycles. The molecule has 0 saturated carbocycles. The van der Waals surface area contributed by atoms with Gasteiger partial charge in [-0.05, 0) is 66.6 Å². The van der Waals surface area contributed by atoms with Gasteiger partial charge >= 0.3 is 23.6 Å². The highest BCUT2D eigenvalue weighted by Crippen LogP contribution is 2.44. The Labute approximate surface area is 421 Å². The van der Waals surface area contributed by atoms with E-state index in [4.69, 9.17) is 42.6 Å². The third kappa shape index (κ3) is 14.4. The smallest absolute Gasteiger partial charge is 0.330 e. The summed E-state index contributed by atoms with van der Waals surface area (Å²) in [4.78, 5) is 88.8. The molecule has 73 heavy (non-hydrogen) atoms. The number of H-pyrrole nitrogens is 1. The monoisotopic (exact) mass is 1020 g/mol. The second-order valence-corrected chi connectivity index (χ2v) is 17.6. The van der Waals surface area contributed by atoms with Crippen molar-refractivity contribution >= 4 is 29.7 Å². The fourth-order valence-electron chi connectivity index (χ4n) is 9.11. The van der Waals surface area contributed by atoms with Crippen molar-refractivity contribution in [2.45, 2.75) is 114 Å². The summed E-state index contributed by atoms with van der Waals surface area (Å²) in [6.45, 7) is 4.44. The highest BCUT2D eigenvalue weighted by molar-refractivity contribution is 5.75. The van der Waals surface area contributed by atoms with Crippen molar-refractivity contribution in [3.8, 4) is 11.5 Å². The molecule has 3 aromatic carbocycles. The van der Waals surface area contributed by atoms with Gasteiger partial charge in [0.1, 0.15) is 48.2 Å². The topological polar surface area (TPSA) is 268 Å². The molecular weight excluding hydrogens is 953 g/mol. The molecule has 2 amide bonds. The predicted molar refractivity (Wildman–Crippen MR) is 259 cm³/mol. The van der Waals surface area contributed by atoms with Crippen molar-refractivity contribution in [3.63, 3.8) is 0 Å². The first-order chi connectivity index (χ1) is 35.0. The zero-order valence-corrected chi connectivity index (χ0v) is 41.6. The van der Waals surface area contributed by atoms with E-state index in [1.807, 2.05) is 78.9 Å². The number of ether oxygens (including phenoxy) is 9. The van der Waals surface area contributed by atoms with Gasteiger partial charge in [-0.2, -0.15) is 0 Å². The van der Waals surface area contributed by atoms with E-state index in [0.717, 1.165) is 30.5 Å². The van der Waals surface area contributed by atoms with Crippen LogP contribution in [-0.4, -0.2) is 128 Å². The van der Waals surface area contributed by atoms with E-state index in [-0.39, 0.29) is 38.7 Å². The maximum atomic E-state index is 13.2. The Kier molecular flexibility index (Phi) is 19.9. The van der Waals surface area contributed by atoms with Gasteiger partial charge in [0, 0.05) is 65.4 Å². The number of rotatable bonds is 24. The van der Waals surface area contributed by atoms with Gasteiger partial charge in [0.15, 0.2) is 18.5 Å². The van der Waals surface area contributed by atoms with Crippen LogP contribution in [0.25, 0.3) is 0 Å². The zero-order valence-electron chi connectivity index (χ0n) is 41.6.